The second-order valence-corrected chi connectivity index (χ2v) is 3.95. The molecule has 0 aliphatic heterocycles. The quantitative estimate of drug-likeness (QED) is 0.836. The summed E-state index contributed by atoms with van der Waals surface area (Å²) >= 11 is 5.72. The first-order chi connectivity index (χ1) is 8.70. The zero-order valence-corrected chi connectivity index (χ0v) is 10.2. The number of anilines is 1. The van der Waals surface area contributed by atoms with Crippen LogP contribution in [0.4, 0.5) is 5.69 Å². The van der Waals surface area contributed by atoms with Crippen molar-refractivity contribution < 1.29 is 9.90 Å². The molecular formula is C13H11ClN2O2. The summed E-state index contributed by atoms with van der Waals surface area (Å²) < 4.78 is 0. The van der Waals surface area contributed by atoms with E-state index in [0.717, 1.165) is 5.56 Å². The number of aromatic hydroxyl groups is 1. The molecule has 4 nitrogen and oxygen atoms in total. The van der Waals surface area contributed by atoms with Gasteiger partial charge in [0.2, 0.25) is 0 Å². The van der Waals surface area contributed by atoms with Gasteiger partial charge in [0, 0.05) is 17.8 Å². The van der Waals surface area contributed by atoms with E-state index in [1.807, 2.05) is 6.07 Å². The third-order valence-electron chi connectivity index (χ3n) is 2.38. The largest absolute Gasteiger partial charge is 0.505 e. The van der Waals surface area contributed by atoms with Crippen LogP contribution in [0, 0.1) is 0 Å². The highest BCUT2D eigenvalue weighted by atomic mass is 35.5. The highest BCUT2D eigenvalue weighted by Gasteiger charge is 2.10. The average molecular weight is 263 g/mol. The topological polar surface area (TPSA) is 62.2 Å². The van der Waals surface area contributed by atoms with Crippen LogP contribution in [0.25, 0.3) is 0 Å². The van der Waals surface area contributed by atoms with Gasteiger partial charge in [-0.2, -0.15) is 0 Å². The van der Waals surface area contributed by atoms with Gasteiger partial charge in [-0.05, 0) is 23.8 Å². The van der Waals surface area contributed by atoms with Crippen LogP contribution in [0.3, 0.4) is 0 Å². The van der Waals surface area contributed by atoms with Crippen LogP contribution in [-0.2, 0) is 5.88 Å². The van der Waals surface area contributed by atoms with Gasteiger partial charge in [0.25, 0.3) is 5.91 Å². The first-order valence-corrected chi connectivity index (χ1v) is 5.83. The first-order valence-electron chi connectivity index (χ1n) is 5.30. The summed E-state index contributed by atoms with van der Waals surface area (Å²) in [7, 11) is 0. The van der Waals surface area contributed by atoms with Crippen molar-refractivity contribution >= 4 is 23.2 Å². The molecule has 5 heteroatoms. The second-order valence-electron chi connectivity index (χ2n) is 3.68. The zero-order valence-electron chi connectivity index (χ0n) is 9.43. The number of rotatable bonds is 3. The van der Waals surface area contributed by atoms with Crippen LogP contribution in [-0.4, -0.2) is 16.0 Å². The minimum atomic E-state index is -0.387. The van der Waals surface area contributed by atoms with Crippen molar-refractivity contribution in [1.82, 2.24) is 4.98 Å². The van der Waals surface area contributed by atoms with Crippen molar-refractivity contribution in [2.75, 3.05) is 5.32 Å². The van der Waals surface area contributed by atoms with Crippen LogP contribution >= 0.6 is 11.6 Å². The van der Waals surface area contributed by atoms with Crippen LogP contribution < -0.4 is 5.32 Å². The number of benzene rings is 1. The lowest BCUT2D eigenvalue weighted by Crippen LogP contribution is -2.12. The maximum atomic E-state index is 11.9. The molecule has 0 spiro atoms. The molecule has 2 aromatic rings. The molecule has 0 saturated carbocycles. The Morgan fingerprint density at radius 3 is 2.94 bits per heavy atom. The highest BCUT2D eigenvalue weighted by molar-refractivity contribution is 6.17. The Balaban J connectivity index is 2.19. The van der Waals surface area contributed by atoms with Gasteiger partial charge in [-0.15, -0.1) is 11.6 Å². The van der Waals surface area contributed by atoms with Gasteiger partial charge in [-0.25, -0.2) is 0 Å². The minimum Gasteiger partial charge on any atom is -0.505 e. The predicted octanol–water partition coefficient (Wildman–Crippen LogP) is 2.78. The van der Waals surface area contributed by atoms with E-state index in [4.69, 9.17) is 11.6 Å². The smallest absolute Gasteiger partial charge is 0.259 e. The molecule has 0 bridgehead atoms. The molecule has 1 aromatic carbocycles. The van der Waals surface area contributed by atoms with Gasteiger partial charge in [-0.1, -0.05) is 12.1 Å². The van der Waals surface area contributed by atoms with Gasteiger partial charge in [0.15, 0.2) is 0 Å². The van der Waals surface area contributed by atoms with Crippen molar-refractivity contribution in [3.05, 3.63) is 53.9 Å². The zero-order chi connectivity index (χ0) is 13.0. The average Bonchev–Trinajstić information content (AvgIpc) is 2.39. The van der Waals surface area contributed by atoms with E-state index in [1.54, 1.807) is 18.2 Å². The van der Waals surface area contributed by atoms with E-state index in [2.05, 4.69) is 10.3 Å². The van der Waals surface area contributed by atoms with E-state index in [1.165, 1.54) is 18.5 Å². The molecule has 1 aromatic heterocycles. The first kappa shape index (κ1) is 12.4. The summed E-state index contributed by atoms with van der Waals surface area (Å²) in [5.74, 6) is -0.158. The Morgan fingerprint density at radius 2 is 2.22 bits per heavy atom. The standard InChI is InChI=1S/C13H11ClN2O2/c14-7-9-2-1-3-10(6-9)16-13(18)11-4-5-15-8-12(11)17/h1-6,8,17H,7H2,(H,16,18). The van der Waals surface area contributed by atoms with E-state index < -0.39 is 0 Å². The fourth-order valence-corrected chi connectivity index (χ4v) is 1.68. The Kier molecular flexibility index (Phi) is 3.79. The molecule has 18 heavy (non-hydrogen) atoms. The Bertz CT molecular complexity index is 572. The lowest BCUT2D eigenvalue weighted by atomic mass is 10.2. The number of hydrogen-bond donors (Lipinski definition) is 2. The van der Waals surface area contributed by atoms with E-state index in [-0.39, 0.29) is 17.2 Å². The lowest BCUT2D eigenvalue weighted by molar-refractivity contribution is 0.102. The molecule has 0 unspecified atom stereocenters. The molecule has 92 valence electrons. The van der Waals surface area contributed by atoms with Crippen LogP contribution in [0.15, 0.2) is 42.7 Å². The van der Waals surface area contributed by atoms with Crippen LogP contribution in [0.1, 0.15) is 15.9 Å². The second kappa shape index (κ2) is 5.51. The van der Waals surface area contributed by atoms with Gasteiger partial charge >= 0.3 is 0 Å². The maximum absolute atomic E-state index is 11.9. The number of halogens is 1. The summed E-state index contributed by atoms with van der Waals surface area (Å²) in [4.78, 5) is 15.6. The third kappa shape index (κ3) is 2.78. The number of carbonyl (C=O) groups is 1. The fourth-order valence-electron chi connectivity index (χ4n) is 1.51. The minimum absolute atomic E-state index is 0.150. The number of pyridine rings is 1. The van der Waals surface area contributed by atoms with Crippen molar-refractivity contribution in [3.63, 3.8) is 0 Å². The number of carbonyl (C=O) groups excluding carboxylic acids is 1. The van der Waals surface area contributed by atoms with Crippen LogP contribution in [0.2, 0.25) is 0 Å². The molecule has 1 heterocycles. The summed E-state index contributed by atoms with van der Waals surface area (Å²) in [5, 5.41) is 12.2. The molecule has 0 fully saturated rings. The van der Waals surface area contributed by atoms with E-state index in [0.29, 0.717) is 11.6 Å². The van der Waals surface area contributed by atoms with Crippen molar-refractivity contribution in [1.29, 1.82) is 0 Å². The molecule has 2 rings (SSSR count). The van der Waals surface area contributed by atoms with Crippen molar-refractivity contribution in [3.8, 4) is 5.75 Å². The number of nitrogens with one attached hydrogen (secondary N) is 1. The van der Waals surface area contributed by atoms with Crippen LogP contribution in [0.5, 0.6) is 5.75 Å². The highest BCUT2D eigenvalue weighted by Crippen LogP contribution is 2.17. The number of aromatic nitrogens is 1. The normalized spacial score (nSPS) is 10.1. The van der Waals surface area contributed by atoms with Gasteiger partial charge in [0.1, 0.15) is 5.75 Å². The Hall–Kier alpha value is -2.07. The Labute approximate surface area is 109 Å². The van der Waals surface area contributed by atoms with Crippen molar-refractivity contribution in [2.24, 2.45) is 0 Å². The third-order valence-corrected chi connectivity index (χ3v) is 2.69. The molecule has 0 atom stereocenters. The molecular weight excluding hydrogens is 252 g/mol. The van der Waals surface area contributed by atoms with Gasteiger partial charge < -0.3 is 10.4 Å². The number of alkyl halides is 1. The van der Waals surface area contributed by atoms with E-state index >= 15 is 0 Å². The maximum Gasteiger partial charge on any atom is 0.259 e. The molecule has 0 aliphatic rings. The van der Waals surface area contributed by atoms with E-state index in [9.17, 15) is 9.90 Å². The predicted molar refractivity (Wildman–Crippen MR) is 69.9 cm³/mol. The Morgan fingerprint density at radius 1 is 1.39 bits per heavy atom. The number of nitrogens with zero attached hydrogens (tertiary/aromatic N) is 1. The SMILES string of the molecule is O=C(Nc1cccc(CCl)c1)c1ccncc1O. The van der Waals surface area contributed by atoms with Gasteiger partial charge in [-0.3, -0.25) is 9.78 Å². The summed E-state index contributed by atoms with van der Waals surface area (Å²) in [6, 6.07) is 8.66. The molecule has 1 amide bonds. The summed E-state index contributed by atoms with van der Waals surface area (Å²) in [5.41, 5.74) is 1.73. The number of hydrogen-bond acceptors (Lipinski definition) is 3. The van der Waals surface area contributed by atoms with Crippen molar-refractivity contribution in [2.45, 2.75) is 5.88 Å². The monoisotopic (exact) mass is 262 g/mol. The lowest BCUT2D eigenvalue weighted by Gasteiger charge is -2.07. The molecule has 0 aliphatic carbocycles. The number of amides is 1. The fraction of sp³-hybridized carbons (Fsp3) is 0.0769. The molecule has 0 radical (unpaired) electrons. The summed E-state index contributed by atoms with van der Waals surface area (Å²) in [6.07, 6.45) is 2.67. The molecule has 2 N–H and O–H groups in total. The van der Waals surface area contributed by atoms with Gasteiger partial charge in [0.05, 0.1) is 11.8 Å². The molecule has 0 saturated heterocycles. The summed E-state index contributed by atoms with van der Waals surface area (Å²) in [6.45, 7) is 0.